The first-order chi connectivity index (χ1) is 16.0. The number of piperidine rings is 2. The molecule has 3 aliphatic heterocycles. The van der Waals surface area contributed by atoms with Crippen LogP contribution in [0, 0.1) is 5.92 Å². The van der Waals surface area contributed by atoms with Gasteiger partial charge in [0.15, 0.2) is 0 Å². The maximum absolute atomic E-state index is 12.7. The van der Waals surface area contributed by atoms with E-state index >= 15 is 0 Å². The number of nitrogens with one attached hydrogen (secondary N) is 2. The highest BCUT2D eigenvalue weighted by Crippen LogP contribution is 2.30. The summed E-state index contributed by atoms with van der Waals surface area (Å²) < 4.78 is 5.15. The summed E-state index contributed by atoms with van der Waals surface area (Å²) in [5, 5.41) is 5.83. The molecule has 8 heteroatoms. The largest absolute Gasteiger partial charge is 0.497 e. The van der Waals surface area contributed by atoms with E-state index in [1.807, 2.05) is 24.3 Å². The Morgan fingerprint density at radius 3 is 2.70 bits per heavy atom. The van der Waals surface area contributed by atoms with Gasteiger partial charge in [-0.25, -0.2) is 4.79 Å². The van der Waals surface area contributed by atoms with E-state index in [9.17, 15) is 14.4 Å². The van der Waals surface area contributed by atoms with E-state index in [1.165, 1.54) is 50.1 Å². The predicted molar refractivity (Wildman–Crippen MR) is 125 cm³/mol. The van der Waals surface area contributed by atoms with Crippen LogP contribution in [0.2, 0.25) is 0 Å². The zero-order chi connectivity index (χ0) is 23.2. The molecular weight excluding hydrogens is 420 g/mol. The molecule has 3 aliphatic rings. The number of hydrogen-bond donors (Lipinski definition) is 2. The molecule has 1 aromatic carbocycles. The third kappa shape index (κ3) is 5.85. The van der Waals surface area contributed by atoms with Gasteiger partial charge in [0.25, 0.3) is 5.91 Å². The van der Waals surface area contributed by atoms with Gasteiger partial charge in [0.2, 0.25) is 5.91 Å². The van der Waals surface area contributed by atoms with Gasteiger partial charge >= 0.3 is 6.03 Å². The third-order valence-electron chi connectivity index (χ3n) is 7.34. The second-order valence-corrected chi connectivity index (χ2v) is 9.43. The maximum Gasteiger partial charge on any atom is 0.324 e. The molecule has 0 radical (unpaired) electrons. The van der Waals surface area contributed by atoms with Gasteiger partial charge in [0, 0.05) is 25.6 Å². The van der Waals surface area contributed by atoms with Gasteiger partial charge in [-0.15, -0.1) is 0 Å². The third-order valence-corrected chi connectivity index (χ3v) is 7.34. The van der Waals surface area contributed by atoms with Gasteiger partial charge in [-0.3, -0.25) is 14.5 Å². The summed E-state index contributed by atoms with van der Waals surface area (Å²) in [7, 11) is 1.61. The molecule has 2 N–H and O–H groups in total. The minimum Gasteiger partial charge on any atom is -0.497 e. The van der Waals surface area contributed by atoms with Crippen molar-refractivity contribution in [3.63, 3.8) is 0 Å². The van der Waals surface area contributed by atoms with Gasteiger partial charge in [-0.2, -0.15) is 0 Å². The molecule has 33 heavy (non-hydrogen) atoms. The van der Waals surface area contributed by atoms with Crippen LogP contribution in [0.5, 0.6) is 5.75 Å². The Morgan fingerprint density at radius 1 is 1.12 bits per heavy atom. The fourth-order valence-electron chi connectivity index (χ4n) is 5.44. The lowest BCUT2D eigenvalue weighted by Gasteiger charge is -2.44. The number of carbonyl (C=O) groups excluding carboxylic acids is 3. The van der Waals surface area contributed by atoms with Crippen molar-refractivity contribution in [1.82, 2.24) is 20.4 Å². The van der Waals surface area contributed by atoms with Crippen molar-refractivity contribution in [2.75, 3.05) is 33.3 Å². The van der Waals surface area contributed by atoms with E-state index in [0.29, 0.717) is 37.9 Å². The first-order valence-electron chi connectivity index (χ1n) is 12.3. The maximum atomic E-state index is 12.7. The predicted octanol–water partition coefficient (Wildman–Crippen LogP) is 2.32. The van der Waals surface area contributed by atoms with E-state index in [4.69, 9.17) is 4.74 Å². The molecule has 4 amide bonds. The van der Waals surface area contributed by atoms with Crippen molar-refractivity contribution in [1.29, 1.82) is 0 Å². The lowest BCUT2D eigenvalue weighted by Crippen LogP contribution is -2.51. The van der Waals surface area contributed by atoms with Crippen LogP contribution in [0.25, 0.3) is 0 Å². The Bertz CT molecular complexity index is 841. The summed E-state index contributed by atoms with van der Waals surface area (Å²) in [5.74, 6) is 1.00. The highest BCUT2D eigenvalue weighted by atomic mass is 16.5. The lowest BCUT2D eigenvalue weighted by atomic mass is 9.83. The number of methoxy groups -OCH3 is 1. The molecule has 8 nitrogen and oxygen atoms in total. The van der Waals surface area contributed by atoms with Gasteiger partial charge in [0.1, 0.15) is 11.8 Å². The average Bonchev–Trinajstić information content (AvgIpc) is 3.12. The van der Waals surface area contributed by atoms with Crippen LogP contribution in [0.3, 0.4) is 0 Å². The number of hydrogen-bond acceptors (Lipinski definition) is 5. The van der Waals surface area contributed by atoms with E-state index < -0.39 is 6.04 Å². The molecule has 3 fully saturated rings. The topological polar surface area (TPSA) is 91.0 Å². The summed E-state index contributed by atoms with van der Waals surface area (Å²) >= 11 is 0. The molecule has 0 saturated carbocycles. The van der Waals surface area contributed by atoms with Crippen LogP contribution >= 0.6 is 0 Å². The molecule has 1 unspecified atom stereocenters. The van der Waals surface area contributed by atoms with E-state index in [2.05, 4.69) is 15.5 Å². The Morgan fingerprint density at radius 2 is 1.91 bits per heavy atom. The average molecular weight is 457 g/mol. The quantitative estimate of drug-likeness (QED) is 0.557. The zero-order valence-corrected chi connectivity index (χ0v) is 19.6. The highest BCUT2D eigenvalue weighted by Gasteiger charge is 2.38. The van der Waals surface area contributed by atoms with Gasteiger partial charge < -0.3 is 20.3 Å². The Balaban J connectivity index is 1.19. The fraction of sp³-hybridized carbons (Fsp3) is 0.640. The minimum atomic E-state index is -0.623. The van der Waals surface area contributed by atoms with E-state index in [1.54, 1.807) is 7.11 Å². The van der Waals surface area contributed by atoms with Crippen molar-refractivity contribution in [2.24, 2.45) is 5.92 Å². The summed E-state index contributed by atoms with van der Waals surface area (Å²) in [5.41, 5.74) is 1.03. The lowest BCUT2D eigenvalue weighted by molar-refractivity contribution is -0.127. The Kier molecular flexibility index (Phi) is 7.85. The minimum absolute atomic E-state index is 0.0401. The number of ether oxygens (including phenoxy) is 1. The summed E-state index contributed by atoms with van der Waals surface area (Å²) in [6, 6.07) is 7.18. The zero-order valence-electron chi connectivity index (χ0n) is 19.6. The Labute approximate surface area is 196 Å². The fourth-order valence-corrected chi connectivity index (χ4v) is 5.44. The first kappa shape index (κ1) is 23.5. The second kappa shape index (κ2) is 11.0. The number of benzene rings is 1. The van der Waals surface area contributed by atoms with Crippen LogP contribution in [0.1, 0.15) is 50.5 Å². The van der Waals surface area contributed by atoms with Crippen LogP contribution in [0.4, 0.5) is 4.79 Å². The summed E-state index contributed by atoms with van der Waals surface area (Å²) in [6.07, 6.45) is 7.32. The van der Waals surface area contributed by atoms with Crippen LogP contribution in [-0.2, 0) is 16.0 Å². The SMILES string of the molecule is COc1ccc(CCN2C(=O)N[C@@H](CCC(=O)NC[C@@H]3CCCN4CCCCC34)C2=O)cc1. The van der Waals surface area contributed by atoms with E-state index in [0.717, 1.165) is 11.3 Å². The van der Waals surface area contributed by atoms with Crippen LogP contribution < -0.4 is 15.4 Å². The number of rotatable bonds is 9. The van der Waals surface area contributed by atoms with Crippen LogP contribution in [0.15, 0.2) is 24.3 Å². The smallest absolute Gasteiger partial charge is 0.324 e. The molecule has 3 heterocycles. The summed E-state index contributed by atoms with van der Waals surface area (Å²) in [4.78, 5) is 41.3. The highest BCUT2D eigenvalue weighted by molar-refractivity contribution is 6.04. The molecule has 0 aromatic heterocycles. The molecule has 0 spiro atoms. The standard InChI is InChI=1S/C25H36N4O4/c1-33-20-9-7-18(8-10-20)13-16-29-24(31)21(27-25(29)32)11-12-23(30)26-17-19-5-4-15-28-14-3-2-6-22(19)28/h7-10,19,21-22H,2-6,11-17H2,1H3,(H,26,30)(H,27,32)/t19-,21-,22?/m0/s1. The van der Waals surface area contributed by atoms with Gasteiger partial charge in [0.05, 0.1) is 7.11 Å². The van der Waals surface area contributed by atoms with Gasteiger partial charge in [-0.1, -0.05) is 18.6 Å². The number of urea groups is 1. The normalized spacial score (nSPS) is 25.5. The number of carbonyl (C=O) groups is 3. The number of fused-ring (bicyclic) bond motifs is 1. The van der Waals surface area contributed by atoms with Crippen molar-refractivity contribution >= 4 is 17.8 Å². The van der Waals surface area contributed by atoms with Gasteiger partial charge in [-0.05, 0) is 75.2 Å². The number of amides is 4. The summed E-state index contributed by atoms with van der Waals surface area (Å²) in [6.45, 7) is 3.40. The van der Waals surface area contributed by atoms with Crippen molar-refractivity contribution in [2.45, 2.75) is 63.5 Å². The number of imide groups is 1. The van der Waals surface area contributed by atoms with Crippen molar-refractivity contribution in [3.8, 4) is 5.75 Å². The molecule has 3 atom stereocenters. The molecular formula is C25H36N4O4. The van der Waals surface area contributed by atoms with Crippen molar-refractivity contribution in [3.05, 3.63) is 29.8 Å². The molecule has 180 valence electrons. The Hall–Kier alpha value is -2.61. The molecule has 0 aliphatic carbocycles. The van der Waals surface area contributed by atoms with Crippen LogP contribution in [-0.4, -0.2) is 73.0 Å². The van der Waals surface area contributed by atoms with Crippen molar-refractivity contribution < 1.29 is 19.1 Å². The van der Waals surface area contributed by atoms with E-state index in [-0.39, 0.29) is 24.3 Å². The molecule has 3 saturated heterocycles. The second-order valence-electron chi connectivity index (χ2n) is 9.43. The number of nitrogens with zero attached hydrogens (tertiary/aromatic N) is 2. The monoisotopic (exact) mass is 456 g/mol. The molecule has 0 bridgehead atoms. The molecule has 4 rings (SSSR count). The molecule has 1 aromatic rings. The first-order valence-corrected chi connectivity index (χ1v) is 12.3.